The third-order valence-electron chi connectivity index (χ3n) is 6.22. The maximum atomic E-state index is 13.3. The number of carbonyl (C=O) groups is 3. The minimum Gasteiger partial charge on any atom is -0.489 e. The van der Waals surface area contributed by atoms with E-state index in [-0.39, 0.29) is 26.4 Å². The van der Waals surface area contributed by atoms with Crippen LogP contribution in [0.5, 0.6) is 11.5 Å². The van der Waals surface area contributed by atoms with Crippen LogP contribution in [0.1, 0.15) is 16.7 Å². The Hall–Kier alpha value is -4.74. The van der Waals surface area contributed by atoms with Crippen molar-refractivity contribution >= 4 is 55.7 Å². The first-order valence-electron chi connectivity index (χ1n) is 12.6. The molecule has 0 bridgehead atoms. The van der Waals surface area contributed by atoms with Gasteiger partial charge in [-0.2, -0.15) is 8.42 Å². The number of amides is 4. The van der Waals surface area contributed by atoms with Gasteiger partial charge in [0.05, 0.1) is 10.2 Å². The molecule has 0 aromatic heterocycles. The summed E-state index contributed by atoms with van der Waals surface area (Å²) < 4.78 is 36.7. The van der Waals surface area contributed by atoms with Crippen molar-refractivity contribution in [2.75, 3.05) is 4.90 Å². The number of urea groups is 1. The van der Waals surface area contributed by atoms with Crippen LogP contribution in [-0.4, -0.2) is 26.3 Å². The van der Waals surface area contributed by atoms with Crippen molar-refractivity contribution < 1.29 is 31.7 Å². The smallest absolute Gasteiger partial charge is 0.339 e. The SMILES string of the molecule is Cc1ccc(S(=O)(=O)Oc2ccc(/C=C3\C(=O)NC(=O)N(c4ccc(OCc5ccccc5)cc4)C3=O)cc2Br)cc1. The fraction of sp³-hybridized carbons (Fsp3) is 0.0645. The summed E-state index contributed by atoms with van der Waals surface area (Å²) in [6.07, 6.45) is 1.30. The van der Waals surface area contributed by atoms with E-state index in [4.69, 9.17) is 8.92 Å². The van der Waals surface area contributed by atoms with Crippen LogP contribution in [0.25, 0.3) is 6.08 Å². The summed E-state index contributed by atoms with van der Waals surface area (Å²) in [5, 5.41) is 2.18. The molecule has 0 unspecified atom stereocenters. The molecule has 1 N–H and O–H groups in total. The Labute approximate surface area is 250 Å². The van der Waals surface area contributed by atoms with Crippen LogP contribution in [0.3, 0.4) is 0 Å². The largest absolute Gasteiger partial charge is 0.489 e. The van der Waals surface area contributed by atoms with Crippen molar-refractivity contribution in [3.05, 3.63) is 124 Å². The molecule has 0 saturated carbocycles. The zero-order valence-corrected chi connectivity index (χ0v) is 24.5. The molecular weight excluding hydrogens is 624 g/mol. The summed E-state index contributed by atoms with van der Waals surface area (Å²) >= 11 is 3.29. The van der Waals surface area contributed by atoms with Gasteiger partial charge in [-0.25, -0.2) is 9.69 Å². The molecule has 4 aromatic rings. The third-order valence-corrected chi connectivity index (χ3v) is 8.09. The van der Waals surface area contributed by atoms with Crippen LogP contribution < -0.4 is 19.1 Å². The zero-order valence-electron chi connectivity index (χ0n) is 22.1. The minimum atomic E-state index is -4.09. The molecule has 212 valence electrons. The lowest BCUT2D eigenvalue weighted by molar-refractivity contribution is -0.122. The number of hydrogen-bond acceptors (Lipinski definition) is 7. The van der Waals surface area contributed by atoms with Crippen LogP contribution in [0.15, 0.2) is 112 Å². The number of barbiturate groups is 1. The highest BCUT2D eigenvalue weighted by Gasteiger charge is 2.36. The maximum absolute atomic E-state index is 13.3. The van der Waals surface area contributed by atoms with Gasteiger partial charge in [-0.3, -0.25) is 14.9 Å². The lowest BCUT2D eigenvalue weighted by Crippen LogP contribution is -2.54. The molecule has 1 heterocycles. The Morgan fingerprint density at radius 2 is 1.57 bits per heavy atom. The number of benzene rings is 4. The van der Waals surface area contributed by atoms with Gasteiger partial charge in [-0.05, 0) is 88.6 Å². The van der Waals surface area contributed by atoms with Gasteiger partial charge in [0.15, 0.2) is 5.75 Å². The van der Waals surface area contributed by atoms with E-state index >= 15 is 0 Å². The number of aryl methyl sites for hydroxylation is 1. The normalized spacial score (nSPS) is 14.6. The van der Waals surface area contributed by atoms with Crippen molar-refractivity contribution in [2.45, 2.75) is 18.4 Å². The van der Waals surface area contributed by atoms with Crippen LogP contribution in [0.2, 0.25) is 0 Å². The Morgan fingerprint density at radius 3 is 2.24 bits per heavy atom. The molecule has 1 saturated heterocycles. The van der Waals surface area contributed by atoms with E-state index in [9.17, 15) is 22.8 Å². The molecule has 1 aliphatic rings. The number of ether oxygens (including phenoxy) is 1. The highest BCUT2D eigenvalue weighted by molar-refractivity contribution is 9.10. The van der Waals surface area contributed by atoms with Crippen LogP contribution >= 0.6 is 15.9 Å². The van der Waals surface area contributed by atoms with Gasteiger partial charge < -0.3 is 8.92 Å². The predicted molar refractivity (Wildman–Crippen MR) is 159 cm³/mol. The molecular formula is C31H23BrN2O7S. The number of hydrogen-bond donors (Lipinski definition) is 1. The lowest BCUT2D eigenvalue weighted by Gasteiger charge is -2.26. The molecule has 0 aliphatic carbocycles. The van der Waals surface area contributed by atoms with Gasteiger partial charge >= 0.3 is 16.1 Å². The van der Waals surface area contributed by atoms with Crippen LogP contribution in [0, 0.1) is 6.92 Å². The summed E-state index contributed by atoms with van der Waals surface area (Å²) in [5.74, 6) is -1.12. The fourth-order valence-electron chi connectivity index (χ4n) is 4.04. The van der Waals surface area contributed by atoms with Crippen molar-refractivity contribution in [1.82, 2.24) is 5.32 Å². The Morgan fingerprint density at radius 1 is 0.881 bits per heavy atom. The van der Waals surface area contributed by atoms with E-state index in [0.29, 0.717) is 17.9 Å². The Bertz CT molecular complexity index is 1800. The van der Waals surface area contributed by atoms with Crippen molar-refractivity contribution in [3.63, 3.8) is 0 Å². The molecule has 0 atom stereocenters. The number of nitrogens with zero attached hydrogens (tertiary/aromatic N) is 1. The molecule has 1 aliphatic heterocycles. The van der Waals surface area contributed by atoms with E-state index < -0.39 is 28.0 Å². The highest BCUT2D eigenvalue weighted by Crippen LogP contribution is 2.31. The van der Waals surface area contributed by atoms with Gasteiger partial charge in [0.2, 0.25) is 0 Å². The average Bonchev–Trinajstić information content (AvgIpc) is 2.97. The first kappa shape index (κ1) is 28.8. The van der Waals surface area contributed by atoms with Gasteiger partial charge in [-0.1, -0.05) is 54.1 Å². The highest BCUT2D eigenvalue weighted by atomic mass is 79.9. The quantitative estimate of drug-likeness (QED) is 0.147. The number of rotatable bonds is 8. The molecule has 0 spiro atoms. The fourth-order valence-corrected chi connectivity index (χ4v) is 5.57. The molecule has 9 nitrogen and oxygen atoms in total. The van der Waals surface area contributed by atoms with E-state index in [1.165, 1.54) is 36.4 Å². The monoisotopic (exact) mass is 646 g/mol. The lowest BCUT2D eigenvalue weighted by atomic mass is 10.1. The number of carbonyl (C=O) groups excluding carboxylic acids is 3. The second-order valence-corrected chi connectivity index (χ2v) is 11.7. The molecule has 1 fully saturated rings. The van der Waals surface area contributed by atoms with Gasteiger partial charge in [-0.15, -0.1) is 0 Å². The topological polar surface area (TPSA) is 119 Å². The molecule has 42 heavy (non-hydrogen) atoms. The summed E-state index contributed by atoms with van der Waals surface area (Å²) in [5.41, 5.74) is 2.24. The molecule has 5 rings (SSSR count). The third kappa shape index (κ3) is 6.42. The molecule has 4 aromatic carbocycles. The van der Waals surface area contributed by atoms with E-state index in [1.54, 1.807) is 36.4 Å². The van der Waals surface area contributed by atoms with Crippen LogP contribution in [0.4, 0.5) is 10.5 Å². The molecule has 0 radical (unpaired) electrons. The standard InChI is InChI=1S/C31H23BrN2O7S/c1-20-7-14-25(15-8-20)42(38,39)41-28-16-9-22(18-27(28)32)17-26-29(35)33-31(37)34(30(26)36)23-10-12-24(13-11-23)40-19-21-5-3-2-4-6-21/h2-18H,19H2,1H3,(H,33,35,37)/b26-17+. The number of imide groups is 2. The predicted octanol–water partition coefficient (Wildman–Crippen LogP) is 5.77. The summed E-state index contributed by atoms with van der Waals surface area (Å²) in [6.45, 7) is 2.19. The first-order valence-corrected chi connectivity index (χ1v) is 14.8. The first-order chi connectivity index (χ1) is 20.1. The summed E-state index contributed by atoms with van der Waals surface area (Å²) in [4.78, 5) is 39.4. The Balaban J connectivity index is 1.33. The van der Waals surface area contributed by atoms with Crippen molar-refractivity contribution in [3.8, 4) is 11.5 Å². The summed E-state index contributed by atoms with van der Waals surface area (Å²) in [7, 11) is -4.09. The van der Waals surface area contributed by atoms with Gasteiger partial charge in [0.25, 0.3) is 11.8 Å². The molecule has 11 heteroatoms. The molecule has 4 amide bonds. The second kappa shape index (κ2) is 12.0. The number of nitrogens with one attached hydrogen (secondary N) is 1. The second-order valence-electron chi connectivity index (χ2n) is 9.27. The van der Waals surface area contributed by atoms with E-state index in [1.807, 2.05) is 37.3 Å². The van der Waals surface area contributed by atoms with Crippen molar-refractivity contribution in [1.29, 1.82) is 0 Å². The van der Waals surface area contributed by atoms with Gasteiger partial charge in [0, 0.05) is 0 Å². The number of anilines is 1. The van der Waals surface area contributed by atoms with E-state index in [2.05, 4.69) is 21.2 Å². The maximum Gasteiger partial charge on any atom is 0.339 e. The van der Waals surface area contributed by atoms with E-state index in [0.717, 1.165) is 16.0 Å². The van der Waals surface area contributed by atoms with Crippen LogP contribution in [-0.2, 0) is 26.3 Å². The summed E-state index contributed by atoms with van der Waals surface area (Å²) in [6, 6.07) is 25.6. The van der Waals surface area contributed by atoms with Crippen molar-refractivity contribution in [2.24, 2.45) is 0 Å². The average molecular weight is 648 g/mol. The minimum absolute atomic E-state index is 0.00350. The number of halogens is 1. The Kier molecular flexibility index (Phi) is 8.23. The zero-order chi connectivity index (χ0) is 29.9. The van der Waals surface area contributed by atoms with Gasteiger partial charge in [0.1, 0.15) is 22.8 Å².